The van der Waals surface area contributed by atoms with E-state index in [0.717, 1.165) is 47.7 Å². The quantitative estimate of drug-likeness (QED) is 0.784. The Morgan fingerprint density at radius 2 is 1.89 bits per heavy atom. The van der Waals surface area contributed by atoms with Gasteiger partial charge in [0.25, 0.3) is 0 Å². The second kappa shape index (κ2) is 7.85. The molecule has 0 spiro atoms. The van der Waals surface area contributed by atoms with Gasteiger partial charge in [-0.3, -0.25) is 9.69 Å². The molecule has 5 fully saturated rings. The van der Waals surface area contributed by atoms with E-state index in [1.54, 1.807) is 0 Å². The Balaban J connectivity index is 1.10. The number of aryl methyl sites for hydroxylation is 1. The number of piperidine rings is 1. The third-order valence-electron chi connectivity index (χ3n) is 8.18. The molecule has 1 amide bonds. The maximum Gasteiger partial charge on any atom is 0.220 e. The minimum Gasteiger partial charge on any atom is -0.465 e. The Hall–Kier alpha value is -1.29. The van der Waals surface area contributed by atoms with Gasteiger partial charge in [0.05, 0.1) is 6.54 Å². The molecule has 1 N–H and O–H groups in total. The Labute approximate surface area is 169 Å². The Bertz CT molecular complexity index is 669. The molecular weight excluding hydrogens is 348 g/mol. The Kier molecular flexibility index (Phi) is 5.25. The first-order valence-electron chi connectivity index (χ1n) is 11.7. The molecule has 4 saturated carbocycles. The summed E-state index contributed by atoms with van der Waals surface area (Å²) >= 11 is 0. The normalized spacial score (nSPS) is 37.3. The number of carbonyl (C=O) groups excluding carboxylic acids is 1. The van der Waals surface area contributed by atoms with Crippen molar-refractivity contribution in [2.45, 2.75) is 77.3 Å². The lowest BCUT2D eigenvalue weighted by Crippen LogP contribution is -2.57. The van der Waals surface area contributed by atoms with Gasteiger partial charge in [-0.25, -0.2) is 0 Å². The van der Waals surface area contributed by atoms with E-state index in [1.165, 1.54) is 58.0 Å². The predicted molar refractivity (Wildman–Crippen MR) is 110 cm³/mol. The number of amides is 1. The van der Waals surface area contributed by atoms with E-state index in [0.29, 0.717) is 18.9 Å². The summed E-state index contributed by atoms with van der Waals surface area (Å²) in [6, 6.07) is 4.76. The van der Waals surface area contributed by atoms with Crippen LogP contribution in [0.1, 0.15) is 69.3 Å². The van der Waals surface area contributed by atoms with E-state index in [1.807, 2.05) is 19.1 Å². The zero-order chi connectivity index (χ0) is 19.1. The summed E-state index contributed by atoms with van der Waals surface area (Å²) in [7, 11) is 0. The van der Waals surface area contributed by atoms with Gasteiger partial charge in [0.1, 0.15) is 11.5 Å². The average molecular weight is 385 g/mol. The van der Waals surface area contributed by atoms with Gasteiger partial charge >= 0.3 is 0 Å². The van der Waals surface area contributed by atoms with Crippen LogP contribution in [0.4, 0.5) is 0 Å². The van der Waals surface area contributed by atoms with Crippen LogP contribution in [0.5, 0.6) is 0 Å². The topological polar surface area (TPSA) is 45.5 Å². The molecule has 4 bridgehead atoms. The van der Waals surface area contributed by atoms with Crippen LogP contribution in [0.25, 0.3) is 0 Å². The van der Waals surface area contributed by atoms with Crippen molar-refractivity contribution in [3.8, 4) is 0 Å². The third kappa shape index (κ3) is 3.90. The van der Waals surface area contributed by atoms with Crippen LogP contribution in [-0.4, -0.2) is 29.9 Å². The fourth-order valence-electron chi connectivity index (χ4n) is 7.29. The minimum absolute atomic E-state index is 0.167. The van der Waals surface area contributed by atoms with Crippen molar-refractivity contribution < 1.29 is 9.21 Å². The van der Waals surface area contributed by atoms with Crippen molar-refractivity contribution in [1.82, 2.24) is 10.2 Å². The number of carbonyl (C=O) groups is 1. The fraction of sp³-hybridized carbons (Fsp3) is 0.792. The van der Waals surface area contributed by atoms with Crippen molar-refractivity contribution >= 4 is 5.91 Å². The van der Waals surface area contributed by atoms with Crippen molar-refractivity contribution in [2.24, 2.45) is 29.6 Å². The fourth-order valence-corrected chi connectivity index (χ4v) is 7.29. The molecule has 4 heteroatoms. The molecular formula is C24H36N2O2. The van der Waals surface area contributed by atoms with E-state index in [9.17, 15) is 4.79 Å². The zero-order valence-electron chi connectivity index (χ0n) is 17.4. The molecule has 4 aliphatic carbocycles. The van der Waals surface area contributed by atoms with Crippen LogP contribution in [0.15, 0.2) is 16.5 Å². The predicted octanol–water partition coefficient (Wildman–Crippen LogP) is 4.52. The van der Waals surface area contributed by atoms with Crippen molar-refractivity contribution in [3.63, 3.8) is 0 Å². The number of furan rings is 1. The minimum atomic E-state index is 0.167. The van der Waals surface area contributed by atoms with Gasteiger partial charge in [-0.15, -0.1) is 0 Å². The van der Waals surface area contributed by atoms with Gasteiger partial charge in [-0.05, 0) is 107 Å². The molecule has 5 aliphatic rings. The number of likely N-dealkylation sites (tertiary alicyclic amines) is 1. The van der Waals surface area contributed by atoms with Crippen molar-refractivity contribution in [1.29, 1.82) is 0 Å². The molecule has 4 nitrogen and oxygen atoms in total. The second-order valence-corrected chi connectivity index (χ2v) is 10.3. The number of hydrogen-bond acceptors (Lipinski definition) is 3. The molecule has 0 aromatic carbocycles. The van der Waals surface area contributed by atoms with Crippen LogP contribution >= 0.6 is 0 Å². The lowest BCUT2D eigenvalue weighted by molar-refractivity contribution is -0.121. The molecule has 1 atom stereocenters. The summed E-state index contributed by atoms with van der Waals surface area (Å²) < 4.78 is 5.53. The SMILES string of the molecule is Cc1ccc(CNC(=O)CC[C@@H]2CCCN(C3C4CC5CC(C4)CC3C5)C2)o1. The first-order chi connectivity index (χ1) is 13.6. The van der Waals surface area contributed by atoms with Crippen LogP contribution in [0, 0.1) is 36.5 Å². The van der Waals surface area contributed by atoms with Gasteiger partial charge < -0.3 is 9.73 Å². The van der Waals surface area contributed by atoms with Crippen LogP contribution < -0.4 is 5.32 Å². The molecule has 0 radical (unpaired) electrons. The zero-order valence-corrected chi connectivity index (χ0v) is 17.4. The number of nitrogens with zero attached hydrogens (tertiary/aromatic N) is 1. The largest absolute Gasteiger partial charge is 0.465 e. The molecule has 6 rings (SSSR count). The summed E-state index contributed by atoms with van der Waals surface area (Å²) in [5, 5.41) is 3.02. The van der Waals surface area contributed by atoms with Crippen molar-refractivity contribution in [2.75, 3.05) is 13.1 Å². The van der Waals surface area contributed by atoms with Gasteiger partial charge in [0, 0.05) is 19.0 Å². The molecule has 1 aliphatic heterocycles. The second-order valence-electron chi connectivity index (χ2n) is 10.3. The van der Waals surface area contributed by atoms with Crippen LogP contribution in [0.2, 0.25) is 0 Å². The lowest BCUT2D eigenvalue weighted by atomic mass is 9.53. The summed E-state index contributed by atoms with van der Waals surface area (Å²) in [6.07, 6.45) is 11.9. The van der Waals surface area contributed by atoms with Gasteiger partial charge in [-0.1, -0.05) is 0 Å². The first-order valence-corrected chi connectivity index (χ1v) is 11.7. The van der Waals surface area contributed by atoms with E-state index in [2.05, 4.69) is 10.2 Å². The molecule has 0 unspecified atom stereocenters. The number of rotatable bonds is 6. The molecule has 2 heterocycles. The highest BCUT2D eigenvalue weighted by atomic mass is 16.3. The monoisotopic (exact) mass is 384 g/mol. The lowest BCUT2D eigenvalue weighted by Gasteiger charge is -2.58. The Morgan fingerprint density at radius 1 is 1.14 bits per heavy atom. The number of nitrogens with one attached hydrogen (secondary N) is 1. The molecule has 28 heavy (non-hydrogen) atoms. The van der Waals surface area contributed by atoms with Crippen LogP contribution in [0.3, 0.4) is 0 Å². The molecule has 154 valence electrons. The summed E-state index contributed by atoms with van der Waals surface area (Å²) in [6.45, 7) is 4.98. The third-order valence-corrected chi connectivity index (χ3v) is 8.18. The van der Waals surface area contributed by atoms with E-state index in [4.69, 9.17) is 4.42 Å². The summed E-state index contributed by atoms with van der Waals surface area (Å²) in [5.41, 5.74) is 0. The van der Waals surface area contributed by atoms with Crippen LogP contribution in [-0.2, 0) is 11.3 Å². The van der Waals surface area contributed by atoms with Crippen molar-refractivity contribution in [3.05, 3.63) is 23.7 Å². The molecule has 1 aromatic rings. The summed E-state index contributed by atoms with van der Waals surface area (Å²) in [5.74, 6) is 6.68. The standard InChI is InChI=1S/C24H36N2O2/c1-16-4-6-22(28-16)14-25-23(27)7-5-17-3-2-8-26(15-17)24-20-10-18-9-19(12-20)13-21(24)11-18/h4,6,17-21,24H,2-3,5,7-15H2,1H3,(H,25,27)/t17-,18?,19?,20?,21?,24?/m0/s1. The van der Waals surface area contributed by atoms with Gasteiger partial charge in [0.15, 0.2) is 0 Å². The smallest absolute Gasteiger partial charge is 0.220 e. The highest BCUT2D eigenvalue weighted by Gasteiger charge is 2.50. The Morgan fingerprint density at radius 3 is 2.57 bits per heavy atom. The van der Waals surface area contributed by atoms with E-state index < -0.39 is 0 Å². The first kappa shape index (κ1) is 18.7. The van der Waals surface area contributed by atoms with E-state index >= 15 is 0 Å². The van der Waals surface area contributed by atoms with Gasteiger partial charge in [-0.2, -0.15) is 0 Å². The average Bonchev–Trinajstić information content (AvgIpc) is 3.09. The highest BCUT2D eigenvalue weighted by molar-refractivity contribution is 5.75. The highest BCUT2D eigenvalue weighted by Crippen LogP contribution is 2.55. The summed E-state index contributed by atoms with van der Waals surface area (Å²) in [4.78, 5) is 15.1. The van der Waals surface area contributed by atoms with Gasteiger partial charge in [0.2, 0.25) is 5.91 Å². The maximum atomic E-state index is 12.3. The molecule has 1 saturated heterocycles. The van der Waals surface area contributed by atoms with E-state index in [-0.39, 0.29) is 5.91 Å². The number of hydrogen-bond donors (Lipinski definition) is 1. The molecule has 1 aromatic heterocycles. The maximum absolute atomic E-state index is 12.3.